The van der Waals surface area contributed by atoms with E-state index in [-0.39, 0.29) is 17.5 Å². The highest BCUT2D eigenvalue weighted by atomic mass is 32.2. The van der Waals surface area contributed by atoms with Gasteiger partial charge in [0.2, 0.25) is 5.91 Å². The van der Waals surface area contributed by atoms with Crippen molar-refractivity contribution in [1.29, 1.82) is 0 Å². The lowest BCUT2D eigenvalue weighted by atomic mass is 10.2. The molecule has 0 atom stereocenters. The monoisotopic (exact) mass is 585 g/mol. The fourth-order valence-electron chi connectivity index (χ4n) is 3.34. The standard InChI is InChI=1S/C28H19F4N3O3S2/c29-20-13-21(30)25(32)26(24(20)31)35-23(36)15-40-19-8-4-7-18(12-19)33-28(38)22(11-16-9-10-39-14-16)34-27(37)17-5-2-1-3-6-17/h1-14H,15H2,(H,33,38)(H,34,37)(H,35,36)/b22-11-. The van der Waals surface area contributed by atoms with Gasteiger partial charge in [-0.05, 0) is 58.8 Å². The zero-order chi connectivity index (χ0) is 28.6. The number of benzene rings is 3. The highest BCUT2D eigenvalue weighted by Crippen LogP contribution is 2.26. The van der Waals surface area contributed by atoms with Gasteiger partial charge >= 0.3 is 0 Å². The molecule has 4 aromatic rings. The number of thioether (sulfide) groups is 1. The molecule has 3 aromatic carbocycles. The maximum absolute atomic E-state index is 13.8. The van der Waals surface area contributed by atoms with E-state index < -0.39 is 46.7 Å². The van der Waals surface area contributed by atoms with E-state index in [0.717, 1.165) is 11.8 Å². The molecule has 0 saturated heterocycles. The van der Waals surface area contributed by atoms with Crippen molar-refractivity contribution in [3.63, 3.8) is 0 Å². The lowest BCUT2D eigenvalue weighted by Crippen LogP contribution is -2.30. The summed E-state index contributed by atoms with van der Waals surface area (Å²) in [5, 5.41) is 10.8. The molecule has 3 amide bonds. The number of carbonyl (C=O) groups excluding carboxylic acids is 3. The molecular formula is C28H19F4N3O3S2. The summed E-state index contributed by atoms with van der Waals surface area (Å²) in [5.41, 5.74) is 0.196. The van der Waals surface area contributed by atoms with Crippen molar-refractivity contribution in [2.24, 2.45) is 0 Å². The number of amides is 3. The fourth-order valence-corrected chi connectivity index (χ4v) is 4.71. The van der Waals surface area contributed by atoms with E-state index in [1.165, 1.54) is 17.4 Å². The van der Waals surface area contributed by atoms with Crippen molar-refractivity contribution < 1.29 is 31.9 Å². The molecule has 0 aliphatic carbocycles. The Morgan fingerprint density at radius 2 is 1.57 bits per heavy atom. The minimum atomic E-state index is -1.72. The Hall–Kier alpha value is -4.42. The third kappa shape index (κ3) is 7.36. The van der Waals surface area contributed by atoms with E-state index in [1.807, 2.05) is 10.7 Å². The van der Waals surface area contributed by atoms with Gasteiger partial charge in [-0.25, -0.2) is 17.6 Å². The lowest BCUT2D eigenvalue weighted by molar-refractivity contribution is -0.114. The zero-order valence-electron chi connectivity index (χ0n) is 20.3. The maximum Gasteiger partial charge on any atom is 0.272 e. The van der Waals surface area contributed by atoms with Crippen LogP contribution in [0.4, 0.5) is 28.9 Å². The van der Waals surface area contributed by atoms with Gasteiger partial charge in [-0.2, -0.15) is 11.3 Å². The van der Waals surface area contributed by atoms with Crippen LogP contribution in [0.15, 0.2) is 88.1 Å². The second-order valence-corrected chi connectivity index (χ2v) is 9.93. The first-order valence-corrected chi connectivity index (χ1v) is 13.4. The summed E-state index contributed by atoms with van der Waals surface area (Å²) >= 11 is 2.37. The second kappa shape index (κ2) is 13.1. The van der Waals surface area contributed by atoms with Crippen LogP contribution in [0.25, 0.3) is 6.08 Å². The van der Waals surface area contributed by atoms with Gasteiger partial charge in [0.05, 0.1) is 5.75 Å². The molecule has 0 bridgehead atoms. The predicted molar refractivity (Wildman–Crippen MR) is 147 cm³/mol. The quantitative estimate of drug-likeness (QED) is 0.0913. The lowest BCUT2D eigenvalue weighted by Gasteiger charge is -2.12. The smallest absolute Gasteiger partial charge is 0.272 e. The highest BCUT2D eigenvalue weighted by Gasteiger charge is 2.21. The second-order valence-electron chi connectivity index (χ2n) is 8.10. The van der Waals surface area contributed by atoms with Gasteiger partial charge in [0.15, 0.2) is 23.3 Å². The first-order chi connectivity index (χ1) is 19.2. The summed E-state index contributed by atoms with van der Waals surface area (Å²) in [6.45, 7) is 0. The minimum Gasteiger partial charge on any atom is -0.321 e. The van der Waals surface area contributed by atoms with E-state index >= 15 is 0 Å². The molecule has 0 unspecified atom stereocenters. The van der Waals surface area contributed by atoms with Crippen molar-refractivity contribution in [1.82, 2.24) is 5.32 Å². The van der Waals surface area contributed by atoms with Gasteiger partial charge in [0.25, 0.3) is 11.8 Å². The van der Waals surface area contributed by atoms with Crippen LogP contribution in [0.3, 0.4) is 0 Å². The highest BCUT2D eigenvalue weighted by molar-refractivity contribution is 8.00. The van der Waals surface area contributed by atoms with Crippen molar-refractivity contribution in [2.45, 2.75) is 4.90 Å². The Kier molecular flexibility index (Phi) is 9.35. The molecule has 12 heteroatoms. The predicted octanol–water partition coefficient (Wildman–Crippen LogP) is 6.44. The summed E-state index contributed by atoms with van der Waals surface area (Å²) in [7, 11) is 0. The Labute approximate surface area is 234 Å². The van der Waals surface area contributed by atoms with Crippen molar-refractivity contribution in [3.8, 4) is 0 Å². The summed E-state index contributed by atoms with van der Waals surface area (Å²) in [4.78, 5) is 38.5. The summed E-state index contributed by atoms with van der Waals surface area (Å²) < 4.78 is 54.4. The van der Waals surface area contributed by atoms with Crippen LogP contribution in [0.2, 0.25) is 0 Å². The fraction of sp³-hybridized carbons (Fsp3) is 0.0357. The van der Waals surface area contributed by atoms with Crippen LogP contribution >= 0.6 is 23.1 Å². The molecule has 3 N–H and O–H groups in total. The summed E-state index contributed by atoms with van der Waals surface area (Å²) in [6, 6.07) is 16.6. The molecule has 0 aliphatic heterocycles. The van der Waals surface area contributed by atoms with Gasteiger partial charge in [-0.1, -0.05) is 24.3 Å². The maximum atomic E-state index is 13.8. The van der Waals surface area contributed by atoms with Gasteiger partial charge < -0.3 is 16.0 Å². The Morgan fingerprint density at radius 3 is 2.25 bits per heavy atom. The molecule has 4 rings (SSSR count). The first-order valence-electron chi connectivity index (χ1n) is 11.5. The van der Waals surface area contributed by atoms with Crippen LogP contribution in [0.1, 0.15) is 15.9 Å². The van der Waals surface area contributed by atoms with E-state index in [9.17, 15) is 31.9 Å². The van der Waals surface area contributed by atoms with Crippen molar-refractivity contribution >= 4 is 58.3 Å². The topological polar surface area (TPSA) is 87.3 Å². The number of carbonyl (C=O) groups is 3. The van der Waals surface area contributed by atoms with E-state index in [1.54, 1.807) is 66.0 Å². The Morgan fingerprint density at radius 1 is 0.850 bits per heavy atom. The van der Waals surface area contributed by atoms with Crippen molar-refractivity contribution in [3.05, 3.63) is 118 Å². The van der Waals surface area contributed by atoms with Gasteiger partial charge in [0, 0.05) is 22.2 Å². The third-order valence-electron chi connectivity index (χ3n) is 5.22. The Bertz CT molecular complexity index is 1550. The number of halogens is 4. The zero-order valence-corrected chi connectivity index (χ0v) is 22.0. The molecule has 0 saturated carbocycles. The number of anilines is 2. The van der Waals surface area contributed by atoms with Crippen LogP contribution in [0, 0.1) is 23.3 Å². The van der Waals surface area contributed by atoms with E-state index in [2.05, 4.69) is 10.6 Å². The number of thiophene rings is 1. The molecule has 0 spiro atoms. The first kappa shape index (κ1) is 28.6. The summed E-state index contributed by atoms with van der Waals surface area (Å²) in [6.07, 6.45) is 1.53. The van der Waals surface area contributed by atoms with Crippen LogP contribution in [-0.2, 0) is 9.59 Å². The molecule has 0 radical (unpaired) electrons. The largest absolute Gasteiger partial charge is 0.321 e. The summed E-state index contributed by atoms with van der Waals surface area (Å²) in [5.74, 6) is -9.05. The molecule has 204 valence electrons. The average Bonchev–Trinajstić information content (AvgIpc) is 3.46. The SMILES string of the molecule is O=C(CSc1cccc(NC(=O)/C(=C/c2ccsc2)NC(=O)c2ccccc2)c1)Nc1c(F)c(F)cc(F)c1F. The molecule has 40 heavy (non-hydrogen) atoms. The number of hydrogen-bond acceptors (Lipinski definition) is 5. The van der Waals surface area contributed by atoms with Crippen LogP contribution in [-0.4, -0.2) is 23.5 Å². The van der Waals surface area contributed by atoms with Gasteiger partial charge in [-0.3, -0.25) is 14.4 Å². The third-order valence-corrected chi connectivity index (χ3v) is 6.92. The Balaban J connectivity index is 1.43. The van der Waals surface area contributed by atoms with Gasteiger partial charge in [-0.15, -0.1) is 11.8 Å². The molecule has 0 aliphatic rings. The molecule has 1 heterocycles. The molecule has 0 fully saturated rings. The molecular weight excluding hydrogens is 566 g/mol. The van der Waals surface area contributed by atoms with E-state index in [4.69, 9.17) is 0 Å². The van der Waals surface area contributed by atoms with Crippen LogP contribution < -0.4 is 16.0 Å². The normalized spacial score (nSPS) is 11.2. The average molecular weight is 586 g/mol. The number of hydrogen-bond donors (Lipinski definition) is 3. The number of rotatable bonds is 9. The van der Waals surface area contributed by atoms with Crippen molar-refractivity contribution in [2.75, 3.05) is 16.4 Å². The molecule has 6 nitrogen and oxygen atoms in total. The molecule has 1 aromatic heterocycles. The van der Waals surface area contributed by atoms with Crippen LogP contribution in [0.5, 0.6) is 0 Å². The minimum absolute atomic E-state index is 0.00364. The van der Waals surface area contributed by atoms with Gasteiger partial charge in [0.1, 0.15) is 11.4 Å². The van der Waals surface area contributed by atoms with E-state index in [0.29, 0.717) is 21.7 Å². The number of nitrogens with one attached hydrogen (secondary N) is 3.